The molecule has 22 heavy (non-hydrogen) atoms. The lowest BCUT2D eigenvalue weighted by Gasteiger charge is -2.13. The van der Waals surface area contributed by atoms with Crippen molar-refractivity contribution < 1.29 is 18.7 Å². The van der Waals surface area contributed by atoms with Gasteiger partial charge in [-0.3, -0.25) is 0 Å². The zero-order valence-electron chi connectivity index (χ0n) is 11.9. The molecule has 0 saturated carbocycles. The minimum atomic E-state index is -1.13. The maximum atomic E-state index is 13.1. The summed E-state index contributed by atoms with van der Waals surface area (Å²) in [6.07, 6.45) is -1.13. The minimum Gasteiger partial charge on any atom is -0.387 e. The van der Waals surface area contributed by atoms with Gasteiger partial charge in [-0.1, -0.05) is 18.2 Å². The van der Waals surface area contributed by atoms with Crippen LogP contribution < -0.4 is 10.6 Å². The molecule has 6 heteroatoms. The van der Waals surface area contributed by atoms with Crippen LogP contribution in [0, 0.1) is 18.6 Å². The Hall–Kier alpha value is -2.47. The third-order valence-electron chi connectivity index (χ3n) is 3.06. The van der Waals surface area contributed by atoms with E-state index in [1.165, 1.54) is 6.07 Å². The molecule has 0 aliphatic rings. The topological polar surface area (TPSA) is 61.4 Å². The van der Waals surface area contributed by atoms with Gasteiger partial charge in [0.1, 0.15) is 0 Å². The number of nitrogens with one attached hydrogen (secondary N) is 2. The molecule has 0 saturated heterocycles. The molecular weight excluding hydrogens is 290 g/mol. The molecule has 2 aromatic carbocycles. The Labute approximate surface area is 126 Å². The molecule has 0 unspecified atom stereocenters. The van der Waals surface area contributed by atoms with Crippen molar-refractivity contribution in [1.29, 1.82) is 0 Å². The van der Waals surface area contributed by atoms with E-state index in [9.17, 15) is 18.7 Å². The highest BCUT2D eigenvalue weighted by Crippen LogP contribution is 2.15. The maximum absolute atomic E-state index is 13.1. The van der Waals surface area contributed by atoms with E-state index in [-0.39, 0.29) is 12.1 Å². The first-order chi connectivity index (χ1) is 10.5. The third kappa shape index (κ3) is 4.26. The van der Waals surface area contributed by atoms with Crippen molar-refractivity contribution in [2.75, 3.05) is 11.9 Å². The number of hydrogen-bond donors (Lipinski definition) is 3. The van der Waals surface area contributed by atoms with Gasteiger partial charge in [0, 0.05) is 12.2 Å². The van der Waals surface area contributed by atoms with Crippen LogP contribution in [0.1, 0.15) is 17.2 Å². The fraction of sp³-hybridized carbons (Fsp3) is 0.188. The highest BCUT2D eigenvalue weighted by atomic mass is 19.2. The van der Waals surface area contributed by atoms with Crippen LogP contribution in [-0.2, 0) is 0 Å². The van der Waals surface area contributed by atoms with E-state index in [1.807, 2.05) is 13.0 Å². The van der Waals surface area contributed by atoms with Gasteiger partial charge >= 0.3 is 6.03 Å². The Morgan fingerprint density at radius 1 is 1.18 bits per heavy atom. The van der Waals surface area contributed by atoms with Crippen molar-refractivity contribution in [2.45, 2.75) is 13.0 Å². The molecule has 4 nitrogen and oxygen atoms in total. The van der Waals surface area contributed by atoms with Gasteiger partial charge in [0.05, 0.1) is 6.10 Å². The van der Waals surface area contributed by atoms with Crippen molar-refractivity contribution in [1.82, 2.24) is 5.32 Å². The number of rotatable bonds is 4. The highest BCUT2D eigenvalue weighted by molar-refractivity contribution is 5.89. The van der Waals surface area contributed by atoms with Crippen LogP contribution in [0.2, 0.25) is 0 Å². The van der Waals surface area contributed by atoms with Crippen LogP contribution in [-0.4, -0.2) is 17.7 Å². The van der Waals surface area contributed by atoms with Crippen LogP contribution in [0.15, 0.2) is 42.5 Å². The second-order valence-electron chi connectivity index (χ2n) is 4.89. The predicted octanol–water partition coefficient (Wildman–Crippen LogP) is 3.13. The van der Waals surface area contributed by atoms with E-state index >= 15 is 0 Å². The number of urea groups is 1. The Bertz CT molecular complexity index is 677. The van der Waals surface area contributed by atoms with E-state index in [2.05, 4.69) is 10.6 Å². The van der Waals surface area contributed by atoms with Crippen molar-refractivity contribution in [3.63, 3.8) is 0 Å². The highest BCUT2D eigenvalue weighted by Gasteiger charge is 2.12. The molecule has 0 bridgehead atoms. The molecule has 0 spiro atoms. The van der Waals surface area contributed by atoms with Gasteiger partial charge in [0.15, 0.2) is 11.6 Å². The monoisotopic (exact) mass is 306 g/mol. The first kappa shape index (κ1) is 15.9. The fourth-order valence-corrected chi connectivity index (χ4v) is 1.92. The summed E-state index contributed by atoms with van der Waals surface area (Å²) in [5, 5.41) is 14.9. The van der Waals surface area contributed by atoms with Gasteiger partial charge in [0.2, 0.25) is 0 Å². The van der Waals surface area contributed by atoms with Crippen molar-refractivity contribution in [2.24, 2.45) is 0 Å². The molecule has 0 fully saturated rings. The van der Waals surface area contributed by atoms with Gasteiger partial charge in [-0.05, 0) is 42.3 Å². The summed E-state index contributed by atoms with van der Waals surface area (Å²) in [6, 6.07) is 9.84. The number of aliphatic hydroxyl groups excluding tert-OH is 1. The number of aliphatic hydroxyl groups is 1. The summed E-state index contributed by atoms with van der Waals surface area (Å²) in [7, 11) is 0. The van der Waals surface area contributed by atoms with E-state index in [0.29, 0.717) is 5.69 Å². The van der Waals surface area contributed by atoms with E-state index in [4.69, 9.17) is 0 Å². The average Bonchev–Trinajstić information content (AvgIpc) is 2.47. The molecule has 2 rings (SSSR count). The molecular formula is C16H16F2N2O2. The van der Waals surface area contributed by atoms with Crippen molar-refractivity contribution in [3.8, 4) is 0 Å². The van der Waals surface area contributed by atoms with Crippen LogP contribution in [0.25, 0.3) is 0 Å². The maximum Gasteiger partial charge on any atom is 0.319 e. The molecule has 0 heterocycles. The Morgan fingerprint density at radius 3 is 2.64 bits per heavy atom. The summed E-state index contributed by atoms with van der Waals surface area (Å²) in [4.78, 5) is 11.7. The smallest absolute Gasteiger partial charge is 0.319 e. The number of carbonyl (C=O) groups excluding carboxylic acids is 1. The molecule has 0 aliphatic heterocycles. The molecule has 0 aliphatic carbocycles. The van der Waals surface area contributed by atoms with E-state index in [1.54, 1.807) is 18.2 Å². The molecule has 1 atom stereocenters. The Balaban J connectivity index is 1.88. The fourth-order valence-electron chi connectivity index (χ4n) is 1.92. The number of carbonyl (C=O) groups is 1. The Morgan fingerprint density at radius 2 is 1.95 bits per heavy atom. The standard InChI is InChI=1S/C16H16F2N2O2/c1-10-3-2-4-12(7-10)20-16(22)19-9-15(21)11-5-6-13(17)14(18)8-11/h2-8,15,21H,9H2,1H3,(H2,19,20,22)/t15-/m1/s1. The normalized spacial score (nSPS) is 11.8. The summed E-state index contributed by atoms with van der Waals surface area (Å²) in [5.41, 5.74) is 1.81. The van der Waals surface area contributed by atoms with Crippen LogP contribution in [0.3, 0.4) is 0 Å². The first-order valence-electron chi connectivity index (χ1n) is 6.70. The molecule has 3 N–H and O–H groups in total. The molecule has 0 radical (unpaired) electrons. The quantitative estimate of drug-likeness (QED) is 0.812. The number of hydrogen-bond acceptors (Lipinski definition) is 2. The van der Waals surface area contributed by atoms with Gasteiger partial charge in [-0.25, -0.2) is 13.6 Å². The minimum absolute atomic E-state index is 0.122. The molecule has 116 valence electrons. The summed E-state index contributed by atoms with van der Waals surface area (Å²) in [6.45, 7) is 1.78. The van der Waals surface area contributed by atoms with Crippen LogP contribution in [0.4, 0.5) is 19.3 Å². The number of halogens is 2. The van der Waals surface area contributed by atoms with Gasteiger partial charge < -0.3 is 15.7 Å². The zero-order chi connectivity index (χ0) is 16.1. The molecule has 2 amide bonds. The zero-order valence-corrected chi connectivity index (χ0v) is 11.9. The first-order valence-corrected chi connectivity index (χ1v) is 6.70. The van der Waals surface area contributed by atoms with Gasteiger partial charge in [0.25, 0.3) is 0 Å². The number of aryl methyl sites for hydroxylation is 1. The second kappa shape index (κ2) is 7.00. The largest absolute Gasteiger partial charge is 0.387 e. The van der Waals surface area contributed by atoms with E-state index < -0.39 is 23.8 Å². The summed E-state index contributed by atoms with van der Waals surface area (Å²) < 4.78 is 25.9. The number of anilines is 1. The van der Waals surface area contributed by atoms with Gasteiger partial charge in [-0.15, -0.1) is 0 Å². The van der Waals surface area contributed by atoms with E-state index in [0.717, 1.165) is 17.7 Å². The summed E-state index contributed by atoms with van der Waals surface area (Å²) in [5.74, 6) is -2.03. The number of amides is 2. The number of benzene rings is 2. The lowest BCUT2D eigenvalue weighted by atomic mass is 10.1. The third-order valence-corrected chi connectivity index (χ3v) is 3.06. The summed E-state index contributed by atoms with van der Waals surface area (Å²) >= 11 is 0. The molecule has 0 aromatic heterocycles. The predicted molar refractivity (Wildman–Crippen MR) is 79.5 cm³/mol. The van der Waals surface area contributed by atoms with Crippen LogP contribution >= 0.6 is 0 Å². The van der Waals surface area contributed by atoms with Crippen molar-refractivity contribution >= 4 is 11.7 Å². The van der Waals surface area contributed by atoms with Crippen LogP contribution in [0.5, 0.6) is 0 Å². The van der Waals surface area contributed by atoms with Crippen molar-refractivity contribution in [3.05, 3.63) is 65.2 Å². The lowest BCUT2D eigenvalue weighted by molar-refractivity contribution is 0.174. The SMILES string of the molecule is Cc1cccc(NC(=O)NC[C@@H](O)c2ccc(F)c(F)c2)c1. The average molecular weight is 306 g/mol. The second-order valence-corrected chi connectivity index (χ2v) is 4.89. The van der Waals surface area contributed by atoms with Gasteiger partial charge in [-0.2, -0.15) is 0 Å². The lowest BCUT2D eigenvalue weighted by Crippen LogP contribution is -2.32. The molecule has 2 aromatic rings. The Kier molecular flexibility index (Phi) is 5.06.